The molecule has 0 saturated carbocycles. The number of esters is 1. The average molecular weight is 245 g/mol. The number of fused-ring (bicyclic) bond motifs is 1. The lowest BCUT2D eigenvalue weighted by Crippen LogP contribution is -2.23. The van der Waals surface area contributed by atoms with Crippen molar-refractivity contribution in [2.45, 2.75) is 26.4 Å². The van der Waals surface area contributed by atoms with Crippen LogP contribution in [0.4, 0.5) is 0 Å². The van der Waals surface area contributed by atoms with Gasteiger partial charge in [-0.2, -0.15) is 0 Å². The molecule has 1 aliphatic heterocycles. The molecule has 0 saturated heterocycles. The first-order chi connectivity index (χ1) is 8.37. The lowest BCUT2D eigenvalue weighted by atomic mass is 10.1. The van der Waals surface area contributed by atoms with Crippen LogP contribution < -0.4 is 5.32 Å². The zero-order valence-electron chi connectivity index (χ0n) is 10.6. The molecular formula is C14H15NO3. The Morgan fingerprint density at radius 2 is 1.83 bits per heavy atom. The number of rotatable bonds is 1. The van der Waals surface area contributed by atoms with Crippen LogP contribution in [0, 0.1) is 0 Å². The second-order valence-electron chi connectivity index (χ2n) is 5.09. The molecule has 0 aromatic heterocycles. The molecule has 94 valence electrons. The summed E-state index contributed by atoms with van der Waals surface area (Å²) in [5.41, 5.74) is 1.25. The molecule has 0 atom stereocenters. The summed E-state index contributed by atoms with van der Waals surface area (Å²) in [6, 6.07) is 7.13. The summed E-state index contributed by atoms with van der Waals surface area (Å²) in [5.74, 6) is -0.657. The van der Waals surface area contributed by atoms with Gasteiger partial charge in [0.25, 0.3) is 5.91 Å². The summed E-state index contributed by atoms with van der Waals surface area (Å²) in [7, 11) is 0. The normalized spacial score (nSPS) is 16.4. The zero-order chi connectivity index (χ0) is 13.3. The second kappa shape index (κ2) is 4.29. The molecule has 4 nitrogen and oxygen atoms in total. The molecular weight excluding hydrogens is 230 g/mol. The van der Waals surface area contributed by atoms with Gasteiger partial charge in [0.2, 0.25) is 0 Å². The fraction of sp³-hybridized carbons (Fsp3) is 0.286. The van der Waals surface area contributed by atoms with Crippen LogP contribution in [0.25, 0.3) is 5.70 Å². The van der Waals surface area contributed by atoms with E-state index < -0.39 is 11.6 Å². The third kappa shape index (κ3) is 2.59. The maximum absolute atomic E-state index is 11.7. The highest BCUT2D eigenvalue weighted by atomic mass is 16.6. The van der Waals surface area contributed by atoms with Crippen molar-refractivity contribution in [1.29, 1.82) is 0 Å². The van der Waals surface area contributed by atoms with Crippen molar-refractivity contribution in [2.24, 2.45) is 0 Å². The van der Waals surface area contributed by atoms with Gasteiger partial charge in [-0.3, -0.25) is 4.79 Å². The van der Waals surface area contributed by atoms with Crippen LogP contribution in [0.2, 0.25) is 0 Å². The number of nitrogens with one attached hydrogen (secondary N) is 1. The van der Waals surface area contributed by atoms with Crippen molar-refractivity contribution in [3.63, 3.8) is 0 Å². The maximum atomic E-state index is 11.7. The Morgan fingerprint density at radius 1 is 1.22 bits per heavy atom. The molecule has 2 rings (SSSR count). The van der Waals surface area contributed by atoms with Gasteiger partial charge in [0.05, 0.1) is 5.70 Å². The lowest BCUT2D eigenvalue weighted by Gasteiger charge is -2.18. The fourth-order valence-electron chi connectivity index (χ4n) is 1.74. The van der Waals surface area contributed by atoms with Gasteiger partial charge in [-0.25, -0.2) is 4.79 Å². The third-order valence-corrected chi connectivity index (χ3v) is 2.38. The Hall–Kier alpha value is -2.10. The van der Waals surface area contributed by atoms with Crippen molar-refractivity contribution in [2.75, 3.05) is 0 Å². The number of carbonyl (C=O) groups is 2. The number of amides is 1. The molecule has 1 aromatic rings. The first-order valence-electron chi connectivity index (χ1n) is 5.72. The first-order valence-corrected chi connectivity index (χ1v) is 5.72. The van der Waals surface area contributed by atoms with Gasteiger partial charge in [-0.1, -0.05) is 18.2 Å². The van der Waals surface area contributed by atoms with E-state index in [0.29, 0.717) is 11.3 Å². The Kier molecular flexibility index (Phi) is 2.95. The number of hydrogen-bond acceptors (Lipinski definition) is 3. The van der Waals surface area contributed by atoms with Gasteiger partial charge >= 0.3 is 5.97 Å². The largest absolute Gasteiger partial charge is 0.457 e. The minimum atomic E-state index is -0.545. The molecule has 1 aliphatic rings. The van der Waals surface area contributed by atoms with Crippen LogP contribution in [0.15, 0.2) is 30.3 Å². The van der Waals surface area contributed by atoms with E-state index >= 15 is 0 Å². The quantitative estimate of drug-likeness (QED) is 0.609. The molecule has 0 aliphatic carbocycles. The molecule has 0 spiro atoms. The Bertz CT molecular complexity index is 538. The van der Waals surface area contributed by atoms with Crippen molar-refractivity contribution in [1.82, 2.24) is 5.32 Å². The zero-order valence-corrected chi connectivity index (χ0v) is 10.6. The summed E-state index contributed by atoms with van der Waals surface area (Å²) in [6.45, 7) is 5.39. The SMILES string of the molecule is CC(C)(C)OC(=O)/C=C1\NC(=O)c2ccccc21. The lowest BCUT2D eigenvalue weighted by molar-refractivity contribution is -0.148. The molecule has 1 N–H and O–H groups in total. The van der Waals surface area contributed by atoms with Crippen LogP contribution in [0.5, 0.6) is 0 Å². The van der Waals surface area contributed by atoms with Gasteiger partial charge in [0, 0.05) is 17.2 Å². The predicted octanol–water partition coefficient (Wildman–Crippen LogP) is 2.11. The van der Waals surface area contributed by atoms with E-state index in [0.717, 1.165) is 5.56 Å². The fourth-order valence-corrected chi connectivity index (χ4v) is 1.74. The summed E-state index contributed by atoms with van der Waals surface area (Å²) in [5, 5.41) is 2.66. The van der Waals surface area contributed by atoms with Crippen molar-refractivity contribution < 1.29 is 14.3 Å². The van der Waals surface area contributed by atoms with Gasteiger partial charge < -0.3 is 10.1 Å². The summed E-state index contributed by atoms with van der Waals surface area (Å²) in [6.07, 6.45) is 1.31. The Morgan fingerprint density at radius 3 is 2.44 bits per heavy atom. The molecule has 1 aromatic carbocycles. The highest BCUT2D eigenvalue weighted by Crippen LogP contribution is 2.24. The third-order valence-electron chi connectivity index (χ3n) is 2.38. The summed E-state index contributed by atoms with van der Waals surface area (Å²) >= 11 is 0. The van der Waals surface area contributed by atoms with Crippen LogP contribution in [0.3, 0.4) is 0 Å². The number of hydrogen-bond donors (Lipinski definition) is 1. The van der Waals surface area contributed by atoms with E-state index in [1.54, 1.807) is 39.0 Å². The highest BCUT2D eigenvalue weighted by Gasteiger charge is 2.24. The summed E-state index contributed by atoms with van der Waals surface area (Å²) in [4.78, 5) is 23.3. The Labute approximate surface area is 106 Å². The molecule has 0 fully saturated rings. The van der Waals surface area contributed by atoms with Crippen LogP contribution in [0.1, 0.15) is 36.7 Å². The Balaban J connectivity index is 2.27. The van der Waals surface area contributed by atoms with E-state index in [4.69, 9.17) is 4.74 Å². The highest BCUT2D eigenvalue weighted by molar-refractivity contribution is 6.11. The number of benzene rings is 1. The van der Waals surface area contributed by atoms with Crippen molar-refractivity contribution >= 4 is 17.6 Å². The molecule has 0 radical (unpaired) electrons. The standard InChI is InChI=1S/C14H15NO3/c1-14(2,3)18-12(16)8-11-9-6-4-5-7-10(9)13(17)15-11/h4-8H,1-3H3,(H,15,17)/b11-8-. The van der Waals surface area contributed by atoms with E-state index in [2.05, 4.69) is 5.32 Å². The second-order valence-corrected chi connectivity index (χ2v) is 5.09. The van der Waals surface area contributed by atoms with Gasteiger partial charge in [0.1, 0.15) is 5.60 Å². The topological polar surface area (TPSA) is 55.4 Å². The monoisotopic (exact) mass is 245 g/mol. The van der Waals surface area contributed by atoms with E-state index in [1.807, 2.05) is 6.07 Å². The minimum absolute atomic E-state index is 0.194. The van der Waals surface area contributed by atoms with Crippen LogP contribution in [-0.2, 0) is 9.53 Å². The predicted molar refractivity (Wildman–Crippen MR) is 67.7 cm³/mol. The van der Waals surface area contributed by atoms with Crippen molar-refractivity contribution in [3.8, 4) is 0 Å². The maximum Gasteiger partial charge on any atom is 0.333 e. The van der Waals surface area contributed by atoms with E-state index in [1.165, 1.54) is 6.08 Å². The van der Waals surface area contributed by atoms with Crippen molar-refractivity contribution in [3.05, 3.63) is 41.5 Å². The smallest absolute Gasteiger partial charge is 0.333 e. The molecule has 4 heteroatoms. The van der Waals surface area contributed by atoms with Crippen LogP contribution >= 0.6 is 0 Å². The first kappa shape index (κ1) is 12.4. The average Bonchev–Trinajstić information content (AvgIpc) is 2.54. The summed E-state index contributed by atoms with van der Waals surface area (Å²) < 4.78 is 5.18. The van der Waals surface area contributed by atoms with Gasteiger partial charge in [-0.15, -0.1) is 0 Å². The molecule has 0 unspecified atom stereocenters. The molecule has 1 heterocycles. The molecule has 18 heavy (non-hydrogen) atoms. The number of ether oxygens (including phenoxy) is 1. The molecule has 1 amide bonds. The van der Waals surface area contributed by atoms with E-state index in [-0.39, 0.29) is 5.91 Å². The molecule has 0 bridgehead atoms. The van der Waals surface area contributed by atoms with Gasteiger partial charge in [0.15, 0.2) is 0 Å². The number of carbonyl (C=O) groups excluding carboxylic acids is 2. The van der Waals surface area contributed by atoms with Crippen LogP contribution in [-0.4, -0.2) is 17.5 Å². The van der Waals surface area contributed by atoms with Gasteiger partial charge in [-0.05, 0) is 26.8 Å². The van der Waals surface area contributed by atoms with E-state index in [9.17, 15) is 9.59 Å². The minimum Gasteiger partial charge on any atom is -0.457 e.